The molecule has 0 aliphatic rings. The average Bonchev–Trinajstić information content (AvgIpc) is 2.21. The lowest BCUT2D eigenvalue weighted by Crippen LogP contribution is -2.20. The van der Waals surface area contributed by atoms with E-state index in [1.165, 1.54) is 25.7 Å². The lowest BCUT2D eigenvalue weighted by atomic mass is 9.85. The Kier molecular flexibility index (Phi) is 8.13. The second-order valence-electron chi connectivity index (χ2n) is 5.67. The fourth-order valence-corrected chi connectivity index (χ4v) is 1.85. The maximum Gasteiger partial charge on any atom is 0.00363 e. The Morgan fingerprint density at radius 2 is 1.27 bits per heavy atom. The molecule has 1 heteroatoms. The highest BCUT2D eigenvalue weighted by Gasteiger charge is 2.13. The number of hydrogen-bond donors (Lipinski definition) is 1. The predicted molar refractivity (Wildman–Crippen MR) is 69.9 cm³/mol. The van der Waals surface area contributed by atoms with Crippen LogP contribution < -0.4 is 5.73 Å². The van der Waals surface area contributed by atoms with Crippen molar-refractivity contribution in [3.63, 3.8) is 0 Å². The van der Waals surface area contributed by atoms with Crippen LogP contribution in [0.4, 0.5) is 0 Å². The second-order valence-corrected chi connectivity index (χ2v) is 5.67. The molecule has 3 atom stereocenters. The van der Waals surface area contributed by atoms with Crippen LogP contribution in [0.2, 0.25) is 0 Å². The maximum atomic E-state index is 5.94. The summed E-state index contributed by atoms with van der Waals surface area (Å²) in [5.41, 5.74) is 5.94. The molecule has 0 bridgehead atoms. The first-order valence-electron chi connectivity index (χ1n) is 6.72. The van der Waals surface area contributed by atoms with Gasteiger partial charge in [-0.1, -0.05) is 47.5 Å². The highest BCUT2D eigenvalue weighted by molar-refractivity contribution is 4.67. The fraction of sp³-hybridized carbons (Fsp3) is 1.00. The van der Waals surface area contributed by atoms with Crippen molar-refractivity contribution in [2.75, 3.05) is 0 Å². The zero-order valence-electron chi connectivity index (χ0n) is 11.4. The summed E-state index contributed by atoms with van der Waals surface area (Å²) in [5.74, 6) is 2.54. The van der Waals surface area contributed by atoms with Crippen LogP contribution in [0, 0.1) is 17.8 Å². The first kappa shape index (κ1) is 15.0. The SMILES string of the molecule is CCC(N)CCC(C)C(C)CCC(C)C. The van der Waals surface area contributed by atoms with Gasteiger partial charge in [-0.05, 0) is 37.0 Å². The monoisotopic (exact) mass is 213 g/mol. The molecule has 1 nitrogen and oxygen atoms in total. The quantitative estimate of drug-likeness (QED) is 0.642. The Balaban J connectivity index is 3.64. The van der Waals surface area contributed by atoms with E-state index in [4.69, 9.17) is 5.73 Å². The average molecular weight is 213 g/mol. The van der Waals surface area contributed by atoms with Crippen molar-refractivity contribution in [3.05, 3.63) is 0 Å². The topological polar surface area (TPSA) is 26.0 Å². The summed E-state index contributed by atoms with van der Waals surface area (Å²) in [6.45, 7) is 11.6. The van der Waals surface area contributed by atoms with Crippen molar-refractivity contribution in [2.45, 2.75) is 72.8 Å². The van der Waals surface area contributed by atoms with Crippen LogP contribution >= 0.6 is 0 Å². The van der Waals surface area contributed by atoms with Crippen molar-refractivity contribution >= 4 is 0 Å². The van der Waals surface area contributed by atoms with Gasteiger partial charge >= 0.3 is 0 Å². The minimum Gasteiger partial charge on any atom is -0.328 e. The van der Waals surface area contributed by atoms with E-state index < -0.39 is 0 Å². The van der Waals surface area contributed by atoms with Gasteiger partial charge in [0.2, 0.25) is 0 Å². The van der Waals surface area contributed by atoms with E-state index in [0.29, 0.717) is 6.04 Å². The van der Waals surface area contributed by atoms with E-state index in [-0.39, 0.29) is 0 Å². The molecule has 0 aromatic rings. The van der Waals surface area contributed by atoms with Crippen LogP contribution in [-0.2, 0) is 0 Å². The molecule has 0 amide bonds. The van der Waals surface area contributed by atoms with Gasteiger partial charge in [-0.3, -0.25) is 0 Å². The minimum absolute atomic E-state index is 0.421. The highest BCUT2D eigenvalue weighted by atomic mass is 14.6. The van der Waals surface area contributed by atoms with Gasteiger partial charge in [0, 0.05) is 6.04 Å². The molecule has 0 heterocycles. The zero-order valence-corrected chi connectivity index (χ0v) is 11.4. The van der Waals surface area contributed by atoms with Crippen LogP contribution in [0.5, 0.6) is 0 Å². The van der Waals surface area contributed by atoms with Crippen LogP contribution in [-0.4, -0.2) is 6.04 Å². The molecule has 0 aromatic carbocycles. The van der Waals surface area contributed by atoms with E-state index in [1.54, 1.807) is 0 Å². The van der Waals surface area contributed by atoms with Crippen LogP contribution in [0.15, 0.2) is 0 Å². The first-order valence-corrected chi connectivity index (χ1v) is 6.72. The van der Waals surface area contributed by atoms with E-state index in [1.807, 2.05) is 0 Å². The Labute approximate surface area is 96.8 Å². The summed E-state index contributed by atoms with van der Waals surface area (Å²) in [6, 6.07) is 0.421. The third-order valence-electron chi connectivity index (χ3n) is 3.69. The molecule has 0 spiro atoms. The molecule has 0 saturated carbocycles. The summed E-state index contributed by atoms with van der Waals surface area (Å²) in [7, 11) is 0. The lowest BCUT2D eigenvalue weighted by molar-refractivity contribution is 0.307. The maximum absolute atomic E-state index is 5.94. The molecule has 15 heavy (non-hydrogen) atoms. The molecule has 0 aromatic heterocycles. The van der Waals surface area contributed by atoms with Crippen molar-refractivity contribution < 1.29 is 0 Å². The van der Waals surface area contributed by atoms with E-state index in [9.17, 15) is 0 Å². The summed E-state index contributed by atoms with van der Waals surface area (Å²) < 4.78 is 0. The molecule has 0 rings (SSSR count). The molecule has 0 fully saturated rings. The molecule has 0 aliphatic heterocycles. The molecule has 92 valence electrons. The van der Waals surface area contributed by atoms with E-state index in [2.05, 4.69) is 34.6 Å². The van der Waals surface area contributed by atoms with Gasteiger partial charge in [-0.2, -0.15) is 0 Å². The van der Waals surface area contributed by atoms with Crippen LogP contribution in [0.3, 0.4) is 0 Å². The Bertz CT molecular complexity index is 142. The first-order chi connectivity index (χ1) is 6.97. The van der Waals surface area contributed by atoms with Gasteiger partial charge in [-0.15, -0.1) is 0 Å². The standard InChI is InChI=1S/C14H31N/c1-6-14(15)10-9-13(5)12(4)8-7-11(2)3/h11-14H,6-10,15H2,1-5H3. The van der Waals surface area contributed by atoms with Crippen molar-refractivity contribution in [1.82, 2.24) is 0 Å². The van der Waals surface area contributed by atoms with Crippen LogP contribution in [0.1, 0.15) is 66.7 Å². The molecular formula is C14H31N. The third-order valence-corrected chi connectivity index (χ3v) is 3.69. The summed E-state index contributed by atoms with van der Waals surface area (Å²) in [4.78, 5) is 0. The van der Waals surface area contributed by atoms with E-state index in [0.717, 1.165) is 24.2 Å². The second kappa shape index (κ2) is 8.15. The van der Waals surface area contributed by atoms with Crippen molar-refractivity contribution in [2.24, 2.45) is 23.5 Å². The number of nitrogens with two attached hydrogens (primary N) is 1. The zero-order chi connectivity index (χ0) is 11.8. The molecular weight excluding hydrogens is 182 g/mol. The predicted octanol–water partition coefficient (Wildman–Crippen LogP) is 4.21. The van der Waals surface area contributed by atoms with Crippen LogP contribution in [0.25, 0.3) is 0 Å². The Morgan fingerprint density at radius 1 is 0.800 bits per heavy atom. The van der Waals surface area contributed by atoms with Gasteiger partial charge in [0.25, 0.3) is 0 Å². The molecule has 0 aliphatic carbocycles. The fourth-order valence-electron chi connectivity index (χ4n) is 1.85. The van der Waals surface area contributed by atoms with Crippen molar-refractivity contribution in [1.29, 1.82) is 0 Å². The van der Waals surface area contributed by atoms with Crippen molar-refractivity contribution in [3.8, 4) is 0 Å². The summed E-state index contributed by atoms with van der Waals surface area (Å²) in [5, 5.41) is 0. The normalized spacial score (nSPS) is 17.8. The summed E-state index contributed by atoms with van der Waals surface area (Å²) in [6.07, 6.45) is 6.36. The van der Waals surface area contributed by atoms with Gasteiger partial charge in [0.1, 0.15) is 0 Å². The Hall–Kier alpha value is -0.0400. The van der Waals surface area contributed by atoms with Gasteiger partial charge in [0.15, 0.2) is 0 Å². The number of hydrogen-bond acceptors (Lipinski definition) is 1. The summed E-state index contributed by atoms with van der Waals surface area (Å²) >= 11 is 0. The molecule has 2 N–H and O–H groups in total. The number of rotatable bonds is 8. The largest absolute Gasteiger partial charge is 0.328 e. The smallest absolute Gasteiger partial charge is 0.00363 e. The lowest BCUT2D eigenvalue weighted by Gasteiger charge is -2.22. The van der Waals surface area contributed by atoms with Gasteiger partial charge < -0.3 is 5.73 Å². The Morgan fingerprint density at radius 3 is 1.67 bits per heavy atom. The molecule has 3 unspecified atom stereocenters. The van der Waals surface area contributed by atoms with Gasteiger partial charge in [-0.25, -0.2) is 0 Å². The van der Waals surface area contributed by atoms with E-state index >= 15 is 0 Å². The minimum atomic E-state index is 0.421. The third kappa shape index (κ3) is 7.84. The van der Waals surface area contributed by atoms with Gasteiger partial charge in [0.05, 0.1) is 0 Å². The highest BCUT2D eigenvalue weighted by Crippen LogP contribution is 2.23. The molecule has 0 radical (unpaired) electrons. The molecule has 0 saturated heterocycles.